The predicted octanol–water partition coefficient (Wildman–Crippen LogP) is 4.57. The molecule has 4 heterocycles. The number of phenols is 1. The second-order valence-electron chi connectivity index (χ2n) is 13.8. The Kier molecular flexibility index (Phi) is 9.65. The van der Waals surface area contributed by atoms with E-state index in [0.717, 1.165) is 39.1 Å². The monoisotopic (exact) mass is 724 g/mol. The Morgan fingerprint density at radius 3 is 2.63 bits per heavy atom. The number of phenolic OH excluding ortho intramolecular Hbond substituents is 1. The third-order valence-corrected chi connectivity index (χ3v) is 11.1. The zero-order chi connectivity index (χ0) is 36.8. The van der Waals surface area contributed by atoms with Crippen molar-refractivity contribution in [2.75, 3.05) is 39.4 Å². The van der Waals surface area contributed by atoms with Crippen molar-refractivity contribution in [2.45, 2.75) is 69.9 Å². The minimum Gasteiger partial charge on any atom is -0.504 e. The van der Waals surface area contributed by atoms with Crippen LogP contribution >= 0.6 is 12.2 Å². The van der Waals surface area contributed by atoms with Gasteiger partial charge >= 0.3 is 0 Å². The van der Waals surface area contributed by atoms with Crippen LogP contribution in [0.2, 0.25) is 0 Å². The molecule has 12 nitrogen and oxygen atoms in total. The van der Waals surface area contributed by atoms with Gasteiger partial charge in [-0.3, -0.25) is 14.6 Å². The largest absolute Gasteiger partial charge is 0.504 e. The zero-order valence-corrected chi connectivity index (χ0v) is 30.8. The molecule has 272 valence electrons. The van der Waals surface area contributed by atoms with Crippen LogP contribution in [0.3, 0.4) is 0 Å². The van der Waals surface area contributed by atoms with Crippen molar-refractivity contribution in [3.8, 4) is 34.8 Å². The first-order chi connectivity index (χ1) is 25.1. The number of hydrogen-bond acceptors (Lipinski definition) is 10. The van der Waals surface area contributed by atoms with E-state index >= 15 is 0 Å². The molecule has 6 atom stereocenters. The predicted molar refractivity (Wildman–Crippen MR) is 200 cm³/mol. The number of nitrogens with one attached hydrogen (secondary N) is 3. The lowest BCUT2D eigenvalue weighted by molar-refractivity contribution is -0.123. The second kappa shape index (κ2) is 14.2. The fraction of sp³-hybridized carbons (Fsp3) is 0.410. The molecule has 4 N–H and O–H groups in total. The highest BCUT2D eigenvalue weighted by Gasteiger charge is 2.56. The Balaban J connectivity index is 1.31. The number of nitriles is 1. The van der Waals surface area contributed by atoms with Crippen molar-refractivity contribution in [3.63, 3.8) is 0 Å². The molecule has 0 aliphatic carbocycles. The Hall–Kier alpha value is -5.03. The van der Waals surface area contributed by atoms with E-state index in [2.05, 4.69) is 44.5 Å². The first kappa shape index (κ1) is 35.4. The number of nitrogens with zero attached hydrogens (tertiary/aromatic N) is 3. The van der Waals surface area contributed by atoms with Gasteiger partial charge in [0.2, 0.25) is 12.7 Å². The number of ether oxygens (including phenoxy) is 4. The lowest BCUT2D eigenvalue weighted by Gasteiger charge is -2.60. The quantitative estimate of drug-likeness (QED) is 0.182. The van der Waals surface area contributed by atoms with Crippen molar-refractivity contribution in [1.82, 2.24) is 20.4 Å². The fourth-order valence-corrected chi connectivity index (χ4v) is 8.96. The molecule has 3 aromatic carbocycles. The van der Waals surface area contributed by atoms with Crippen LogP contribution in [0.15, 0.2) is 49.1 Å². The molecule has 1 fully saturated rings. The normalized spacial score (nSPS) is 23.2. The highest BCUT2D eigenvalue weighted by atomic mass is 32.1. The van der Waals surface area contributed by atoms with E-state index in [0.29, 0.717) is 41.0 Å². The second-order valence-corrected chi connectivity index (χ2v) is 14.2. The number of aryl methyl sites for hydroxylation is 1. The van der Waals surface area contributed by atoms with Crippen molar-refractivity contribution < 1.29 is 28.8 Å². The summed E-state index contributed by atoms with van der Waals surface area (Å²) in [5.74, 6) is 2.14. The van der Waals surface area contributed by atoms with Gasteiger partial charge in [-0.1, -0.05) is 36.9 Å². The highest BCUT2D eigenvalue weighted by Crippen LogP contribution is 2.58. The molecule has 7 rings (SSSR count). The van der Waals surface area contributed by atoms with Crippen LogP contribution in [0.5, 0.6) is 28.7 Å². The maximum atomic E-state index is 13.8. The lowest BCUT2D eigenvalue weighted by atomic mass is 9.71. The van der Waals surface area contributed by atoms with Gasteiger partial charge in [-0.05, 0) is 76.1 Å². The summed E-state index contributed by atoms with van der Waals surface area (Å²) in [4.78, 5) is 18.2. The number of amides is 1. The Bertz CT molecular complexity index is 1970. The molecule has 0 spiro atoms. The molecule has 4 aliphatic rings. The molecule has 52 heavy (non-hydrogen) atoms. The van der Waals surface area contributed by atoms with Gasteiger partial charge in [0, 0.05) is 46.6 Å². The number of carbonyl (C=O) groups excluding carboxylic acids is 1. The minimum absolute atomic E-state index is 0.0406. The number of aromatic hydroxyl groups is 1. The zero-order valence-electron chi connectivity index (χ0n) is 30.0. The summed E-state index contributed by atoms with van der Waals surface area (Å²) in [7, 11) is 3.59. The van der Waals surface area contributed by atoms with E-state index in [1.807, 2.05) is 51.2 Å². The molecule has 4 aliphatic heterocycles. The smallest absolute Gasteiger partial charge is 0.242 e. The van der Waals surface area contributed by atoms with Gasteiger partial charge in [-0.15, -0.1) is 0 Å². The lowest BCUT2D eigenvalue weighted by Crippen LogP contribution is -2.69. The number of likely N-dealkylation sites (N-methyl/N-ethyl adjacent to an activating group) is 1. The SMILES string of the molecule is C=CCOc1c(C)c2c(c3c1CC1[C@H]4c5c(cc(C)c(OC)c5O)C[C@@H]([C@H](C#N)N1[C@H]3CNC(=O)[C@@H](C)NC(=S)Nc1ccccc1)N4C)OCO2. The number of thiocarbonyl (C=S) groups is 1. The van der Waals surface area contributed by atoms with E-state index in [1.54, 1.807) is 20.1 Å². The number of fused-ring (bicyclic) bond motifs is 9. The van der Waals surface area contributed by atoms with Crippen LogP contribution in [0.4, 0.5) is 5.69 Å². The maximum Gasteiger partial charge on any atom is 0.242 e. The summed E-state index contributed by atoms with van der Waals surface area (Å²) in [5.41, 5.74) is 5.99. The van der Waals surface area contributed by atoms with E-state index in [9.17, 15) is 15.2 Å². The van der Waals surface area contributed by atoms with Crippen LogP contribution in [-0.4, -0.2) is 84.2 Å². The molecule has 1 saturated heterocycles. The van der Waals surface area contributed by atoms with Gasteiger partial charge in [0.25, 0.3) is 0 Å². The molecule has 3 aromatic rings. The van der Waals surface area contributed by atoms with Crippen LogP contribution in [0.1, 0.15) is 52.4 Å². The van der Waals surface area contributed by atoms with Crippen LogP contribution in [-0.2, 0) is 17.6 Å². The maximum absolute atomic E-state index is 13.8. The summed E-state index contributed by atoms with van der Waals surface area (Å²) in [6.45, 7) is 9.96. The summed E-state index contributed by atoms with van der Waals surface area (Å²) in [5, 5.41) is 32.4. The van der Waals surface area contributed by atoms with Crippen molar-refractivity contribution in [1.29, 1.82) is 5.26 Å². The number of para-hydroxylation sites is 1. The summed E-state index contributed by atoms with van der Waals surface area (Å²) in [6.07, 6.45) is 2.74. The number of anilines is 1. The summed E-state index contributed by atoms with van der Waals surface area (Å²) < 4.78 is 24.3. The van der Waals surface area contributed by atoms with Crippen LogP contribution < -0.4 is 34.9 Å². The van der Waals surface area contributed by atoms with Crippen LogP contribution in [0.25, 0.3) is 0 Å². The van der Waals surface area contributed by atoms with Crippen molar-refractivity contribution in [2.24, 2.45) is 0 Å². The molecule has 0 radical (unpaired) electrons. The minimum atomic E-state index is -0.671. The number of benzene rings is 3. The summed E-state index contributed by atoms with van der Waals surface area (Å²) in [6, 6.07) is 11.7. The van der Waals surface area contributed by atoms with Gasteiger partial charge in [-0.25, -0.2) is 0 Å². The van der Waals surface area contributed by atoms with Gasteiger partial charge in [-0.2, -0.15) is 5.26 Å². The molecule has 2 bridgehead atoms. The fourth-order valence-electron chi connectivity index (χ4n) is 8.67. The third kappa shape index (κ3) is 5.84. The average Bonchev–Trinajstić information content (AvgIpc) is 3.62. The Morgan fingerprint density at radius 2 is 1.92 bits per heavy atom. The van der Waals surface area contributed by atoms with E-state index < -0.39 is 18.1 Å². The van der Waals surface area contributed by atoms with Crippen LogP contribution in [0, 0.1) is 25.2 Å². The molecule has 1 amide bonds. The molecule has 1 unspecified atom stereocenters. The summed E-state index contributed by atoms with van der Waals surface area (Å²) >= 11 is 5.51. The van der Waals surface area contributed by atoms with E-state index in [-0.39, 0.29) is 49.7 Å². The molecule has 13 heteroatoms. The standard InChI is InChI=1S/C39H44N6O6S/c1-7-13-49-35-21(3)36-37(51-19-50-36)31-25(35)16-27-32-30-23(14-20(2)34(48-6)33(30)46)15-26(44(32)5)28(17-40)45(27)29(31)18-41-38(47)22(4)42-39(52)43-24-11-9-8-10-12-24/h7-12,14,22,26-29,32,46H,1,13,15-16,18-19H2,2-6H3,(H,41,47)(H2,42,43,52)/t22-,26+,27?,28+,29+,32+/m1/s1. The van der Waals surface area contributed by atoms with Gasteiger partial charge in [0.15, 0.2) is 28.1 Å². The average molecular weight is 725 g/mol. The topological polar surface area (TPSA) is 141 Å². The highest BCUT2D eigenvalue weighted by molar-refractivity contribution is 7.80. The first-order valence-corrected chi connectivity index (χ1v) is 17.9. The Labute approximate surface area is 309 Å². The van der Waals surface area contributed by atoms with E-state index in [4.69, 9.17) is 31.2 Å². The number of methoxy groups -OCH3 is 1. The molecule has 0 aromatic heterocycles. The van der Waals surface area contributed by atoms with Crippen molar-refractivity contribution >= 4 is 28.9 Å². The van der Waals surface area contributed by atoms with Crippen molar-refractivity contribution in [3.05, 3.63) is 82.4 Å². The third-order valence-electron chi connectivity index (χ3n) is 10.9. The first-order valence-electron chi connectivity index (χ1n) is 17.5. The Morgan fingerprint density at radius 1 is 1.17 bits per heavy atom. The number of piperazine rings is 1. The van der Waals surface area contributed by atoms with Gasteiger partial charge in [0.05, 0.1) is 25.3 Å². The molecular weight excluding hydrogens is 681 g/mol. The number of carbonyl (C=O) groups is 1. The van der Waals surface area contributed by atoms with Gasteiger partial charge in [0.1, 0.15) is 24.4 Å². The molecular formula is C39H44N6O6S. The molecule has 0 saturated carbocycles. The number of hydrogen-bond donors (Lipinski definition) is 4. The van der Waals surface area contributed by atoms with E-state index in [1.165, 1.54) is 0 Å². The van der Waals surface area contributed by atoms with Gasteiger partial charge < -0.3 is 40.0 Å². The number of rotatable bonds is 9.